The SMILES string of the molecule is c1ccc(N(c2ccc(-c3cccc4c3[nH]c3ccccc34)cc2)c2ccc3c(c2)C(c2ccccc2)(c2ccccc2)c2ccccc2-3)cc1. The number of aromatic nitrogens is 1. The molecule has 0 amide bonds. The highest BCUT2D eigenvalue weighted by molar-refractivity contribution is 6.11. The largest absolute Gasteiger partial charge is 0.354 e. The first-order valence-electron chi connectivity index (χ1n) is 17.6. The van der Waals surface area contributed by atoms with Crippen LogP contribution < -0.4 is 4.90 Å². The van der Waals surface area contributed by atoms with Crippen LogP contribution in [0.2, 0.25) is 0 Å². The van der Waals surface area contributed by atoms with Crippen LogP contribution in [0.15, 0.2) is 200 Å². The Bertz CT molecular complexity index is 2630. The third-order valence-electron chi connectivity index (χ3n) is 10.7. The van der Waals surface area contributed by atoms with Gasteiger partial charge in [0.25, 0.3) is 0 Å². The molecular formula is C49H34N2. The van der Waals surface area contributed by atoms with E-state index in [4.69, 9.17) is 0 Å². The summed E-state index contributed by atoms with van der Waals surface area (Å²) in [5.41, 5.74) is 15.3. The molecule has 2 heteroatoms. The summed E-state index contributed by atoms with van der Waals surface area (Å²) in [5, 5.41) is 2.50. The van der Waals surface area contributed by atoms with Gasteiger partial charge in [0, 0.05) is 38.9 Å². The van der Waals surface area contributed by atoms with E-state index in [1.165, 1.54) is 60.8 Å². The van der Waals surface area contributed by atoms with Crippen LogP contribution >= 0.6 is 0 Å². The summed E-state index contributed by atoms with van der Waals surface area (Å²) in [6, 6.07) is 72.9. The van der Waals surface area contributed by atoms with Gasteiger partial charge >= 0.3 is 0 Å². The fourth-order valence-corrected chi connectivity index (χ4v) is 8.50. The van der Waals surface area contributed by atoms with Crippen molar-refractivity contribution in [2.45, 2.75) is 5.41 Å². The van der Waals surface area contributed by atoms with Crippen molar-refractivity contribution >= 4 is 38.9 Å². The van der Waals surface area contributed by atoms with Gasteiger partial charge in [-0.25, -0.2) is 0 Å². The number of nitrogens with zero attached hydrogens (tertiary/aromatic N) is 1. The number of fused-ring (bicyclic) bond motifs is 6. The van der Waals surface area contributed by atoms with Gasteiger partial charge in [0.2, 0.25) is 0 Å². The Morgan fingerprint density at radius 1 is 0.373 bits per heavy atom. The van der Waals surface area contributed by atoms with Crippen LogP contribution in [0.25, 0.3) is 44.1 Å². The zero-order valence-electron chi connectivity index (χ0n) is 28.0. The fourth-order valence-electron chi connectivity index (χ4n) is 8.50. The first kappa shape index (κ1) is 29.3. The molecule has 1 aliphatic rings. The second-order valence-corrected chi connectivity index (χ2v) is 13.4. The molecule has 0 aliphatic heterocycles. The van der Waals surface area contributed by atoms with Gasteiger partial charge in [0.05, 0.1) is 10.9 Å². The molecule has 0 saturated carbocycles. The third kappa shape index (κ3) is 4.50. The third-order valence-corrected chi connectivity index (χ3v) is 10.7. The molecule has 0 unspecified atom stereocenters. The maximum atomic E-state index is 3.69. The predicted molar refractivity (Wildman–Crippen MR) is 213 cm³/mol. The van der Waals surface area contributed by atoms with Gasteiger partial charge in [-0.3, -0.25) is 0 Å². The number of H-pyrrole nitrogens is 1. The summed E-state index contributed by atoms with van der Waals surface area (Å²) in [5.74, 6) is 0. The minimum absolute atomic E-state index is 0.463. The molecule has 9 aromatic rings. The number of anilines is 3. The van der Waals surface area contributed by atoms with Crippen LogP contribution in [-0.4, -0.2) is 4.98 Å². The molecule has 1 heterocycles. The van der Waals surface area contributed by atoms with Crippen LogP contribution in [0.4, 0.5) is 17.1 Å². The van der Waals surface area contributed by atoms with E-state index < -0.39 is 5.41 Å². The van der Waals surface area contributed by atoms with Gasteiger partial charge in [-0.15, -0.1) is 0 Å². The Labute approximate surface area is 297 Å². The van der Waals surface area contributed by atoms with Crippen molar-refractivity contribution in [1.29, 1.82) is 0 Å². The smallest absolute Gasteiger partial charge is 0.0714 e. The topological polar surface area (TPSA) is 19.0 Å². The molecule has 0 radical (unpaired) electrons. The molecule has 0 bridgehead atoms. The second-order valence-electron chi connectivity index (χ2n) is 13.4. The Hall–Kier alpha value is -6.64. The van der Waals surface area contributed by atoms with Gasteiger partial charge in [0.1, 0.15) is 0 Å². The molecule has 0 fully saturated rings. The molecular weight excluding hydrogens is 617 g/mol. The van der Waals surface area contributed by atoms with Crippen molar-refractivity contribution < 1.29 is 0 Å². The Kier molecular flexibility index (Phi) is 6.75. The van der Waals surface area contributed by atoms with E-state index in [-0.39, 0.29) is 0 Å². The average Bonchev–Trinajstić information content (AvgIpc) is 3.73. The normalized spacial score (nSPS) is 12.9. The molecule has 0 spiro atoms. The van der Waals surface area contributed by atoms with E-state index in [2.05, 4.69) is 210 Å². The minimum atomic E-state index is -0.463. The Balaban J connectivity index is 1.16. The van der Waals surface area contributed by atoms with Crippen molar-refractivity contribution in [3.05, 3.63) is 222 Å². The standard InChI is InChI=1S/C49H34N2/c1-4-15-35(16-5-1)49(36-17-6-2-7-18-36)45-25-12-10-21-41(45)42-32-31-39(33-46(42)49)51(37-19-8-3-9-20-37)38-29-27-34(28-30-38)40-23-14-24-44-43-22-11-13-26-47(43)50-48(40)44/h1-33,50H. The molecule has 0 saturated heterocycles. The van der Waals surface area contributed by atoms with E-state index in [0.29, 0.717) is 0 Å². The van der Waals surface area contributed by atoms with Gasteiger partial charge in [0.15, 0.2) is 0 Å². The number of benzene rings is 8. The molecule has 2 nitrogen and oxygen atoms in total. The van der Waals surface area contributed by atoms with Crippen LogP contribution in [0.5, 0.6) is 0 Å². The number of aromatic amines is 1. The van der Waals surface area contributed by atoms with Crippen molar-refractivity contribution in [1.82, 2.24) is 4.98 Å². The highest BCUT2D eigenvalue weighted by atomic mass is 15.1. The van der Waals surface area contributed by atoms with E-state index in [9.17, 15) is 0 Å². The number of rotatable bonds is 6. The minimum Gasteiger partial charge on any atom is -0.354 e. The Morgan fingerprint density at radius 2 is 0.922 bits per heavy atom. The number of nitrogens with one attached hydrogen (secondary N) is 1. The summed E-state index contributed by atoms with van der Waals surface area (Å²) in [7, 11) is 0. The average molecular weight is 651 g/mol. The molecule has 1 N–H and O–H groups in total. The molecule has 1 aliphatic carbocycles. The summed E-state index contributed by atoms with van der Waals surface area (Å²) in [6.07, 6.45) is 0. The van der Waals surface area contributed by atoms with Gasteiger partial charge < -0.3 is 9.88 Å². The number of para-hydroxylation sites is 3. The van der Waals surface area contributed by atoms with Gasteiger partial charge in [-0.05, 0) is 81.4 Å². The van der Waals surface area contributed by atoms with Crippen LogP contribution in [0.1, 0.15) is 22.3 Å². The highest BCUT2D eigenvalue weighted by Crippen LogP contribution is 2.57. The fraction of sp³-hybridized carbons (Fsp3) is 0.0204. The summed E-state index contributed by atoms with van der Waals surface area (Å²) >= 11 is 0. The van der Waals surface area contributed by atoms with Crippen LogP contribution in [0.3, 0.4) is 0 Å². The predicted octanol–water partition coefficient (Wildman–Crippen LogP) is 12.8. The van der Waals surface area contributed by atoms with Crippen LogP contribution in [-0.2, 0) is 5.41 Å². The summed E-state index contributed by atoms with van der Waals surface area (Å²) < 4.78 is 0. The zero-order chi connectivity index (χ0) is 33.8. The lowest BCUT2D eigenvalue weighted by Crippen LogP contribution is -2.28. The van der Waals surface area contributed by atoms with Crippen molar-refractivity contribution in [3.8, 4) is 22.3 Å². The van der Waals surface area contributed by atoms with Crippen LogP contribution in [0, 0.1) is 0 Å². The molecule has 51 heavy (non-hydrogen) atoms. The lowest BCUT2D eigenvalue weighted by atomic mass is 9.67. The first-order valence-corrected chi connectivity index (χ1v) is 17.6. The number of hydrogen-bond donors (Lipinski definition) is 1. The van der Waals surface area contributed by atoms with E-state index >= 15 is 0 Å². The Morgan fingerprint density at radius 3 is 1.67 bits per heavy atom. The molecule has 1 aromatic heterocycles. The van der Waals surface area contributed by atoms with Crippen molar-refractivity contribution in [2.24, 2.45) is 0 Å². The quantitative estimate of drug-likeness (QED) is 0.190. The molecule has 8 aromatic carbocycles. The molecule has 10 rings (SSSR count). The highest BCUT2D eigenvalue weighted by Gasteiger charge is 2.46. The maximum Gasteiger partial charge on any atom is 0.0714 e. The summed E-state index contributed by atoms with van der Waals surface area (Å²) in [6.45, 7) is 0. The number of hydrogen-bond acceptors (Lipinski definition) is 1. The van der Waals surface area contributed by atoms with E-state index in [1.807, 2.05) is 0 Å². The summed E-state index contributed by atoms with van der Waals surface area (Å²) in [4.78, 5) is 6.08. The molecule has 0 atom stereocenters. The van der Waals surface area contributed by atoms with Gasteiger partial charge in [-0.1, -0.05) is 158 Å². The monoisotopic (exact) mass is 650 g/mol. The van der Waals surface area contributed by atoms with E-state index in [0.717, 1.165) is 22.6 Å². The first-order chi connectivity index (χ1) is 25.3. The molecule has 240 valence electrons. The lowest BCUT2D eigenvalue weighted by Gasteiger charge is -2.35. The van der Waals surface area contributed by atoms with Crippen molar-refractivity contribution in [3.63, 3.8) is 0 Å². The maximum absolute atomic E-state index is 3.69. The lowest BCUT2D eigenvalue weighted by molar-refractivity contribution is 0.768. The zero-order valence-corrected chi connectivity index (χ0v) is 28.0. The second kappa shape index (κ2) is 11.8. The van der Waals surface area contributed by atoms with E-state index in [1.54, 1.807) is 0 Å². The van der Waals surface area contributed by atoms with Gasteiger partial charge in [-0.2, -0.15) is 0 Å². The van der Waals surface area contributed by atoms with Crippen molar-refractivity contribution in [2.75, 3.05) is 4.90 Å².